The lowest BCUT2D eigenvalue weighted by Gasteiger charge is -2.16. The highest BCUT2D eigenvalue weighted by molar-refractivity contribution is 6.31. The maximum Gasteiger partial charge on any atom is 0.184 e. The van der Waals surface area contributed by atoms with Crippen molar-refractivity contribution in [3.63, 3.8) is 0 Å². The molecule has 2 aromatic carbocycles. The highest BCUT2D eigenvalue weighted by Crippen LogP contribution is 2.22. The van der Waals surface area contributed by atoms with Gasteiger partial charge in [-0.1, -0.05) is 41.4 Å². The van der Waals surface area contributed by atoms with E-state index in [0.29, 0.717) is 16.6 Å². The van der Waals surface area contributed by atoms with Crippen LogP contribution in [0.5, 0.6) is 0 Å². The fourth-order valence-electron chi connectivity index (χ4n) is 1.60. The minimum absolute atomic E-state index is 0.442. The molecule has 0 aliphatic carbocycles. The zero-order chi connectivity index (χ0) is 13.0. The van der Waals surface area contributed by atoms with E-state index in [2.05, 4.69) is 6.19 Å². The smallest absolute Gasteiger partial charge is 0.184 e. The molecule has 90 valence electrons. The summed E-state index contributed by atoms with van der Waals surface area (Å²) in [7, 11) is 0. The van der Waals surface area contributed by atoms with E-state index in [1.165, 1.54) is 0 Å². The van der Waals surface area contributed by atoms with Gasteiger partial charge in [0.2, 0.25) is 0 Å². The Kier molecular flexibility index (Phi) is 4.09. The van der Waals surface area contributed by atoms with E-state index in [-0.39, 0.29) is 0 Å². The predicted octanol–water partition coefficient (Wildman–Crippen LogP) is 4.48. The standard InChI is InChI=1S/C14H10Cl2N2/c15-12-5-7-13(8-6-12)18(10-17)9-11-3-1-2-4-14(11)16/h1-8H,9H2. The molecule has 0 atom stereocenters. The molecule has 4 heteroatoms. The lowest BCUT2D eigenvalue weighted by Crippen LogP contribution is -2.15. The molecule has 0 spiro atoms. The Morgan fingerprint density at radius 3 is 2.28 bits per heavy atom. The van der Waals surface area contributed by atoms with Crippen molar-refractivity contribution < 1.29 is 0 Å². The van der Waals surface area contributed by atoms with Gasteiger partial charge in [0, 0.05) is 10.0 Å². The van der Waals surface area contributed by atoms with Crippen LogP contribution in [0.15, 0.2) is 48.5 Å². The molecule has 0 saturated heterocycles. The molecular formula is C14H10Cl2N2. The van der Waals surface area contributed by atoms with E-state index in [9.17, 15) is 5.26 Å². The SMILES string of the molecule is N#CN(Cc1ccccc1Cl)c1ccc(Cl)cc1. The topological polar surface area (TPSA) is 27.0 Å². The first-order valence-electron chi connectivity index (χ1n) is 5.37. The van der Waals surface area contributed by atoms with Crippen molar-refractivity contribution in [3.05, 3.63) is 64.1 Å². The van der Waals surface area contributed by atoms with Crippen LogP contribution in [0, 0.1) is 11.5 Å². The maximum absolute atomic E-state index is 9.20. The number of hydrogen-bond acceptors (Lipinski definition) is 2. The zero-order valence-electron chi connectivity index (χ0n) is 9.48. The molecule has 2 nitrogen and oxygen atoms in total. The molecule has 0 aliphatic rings. The molecule has 18 heavy (non-hydrogen) atoms. The van der Waals surface area contributed by atoms with Gasteiger partial charge in [-0.3, -0.25) is 4.90 Å². The van der Waals surface area contributed by atoms with Gasteiger partial charge in [-0.05, 0) is 35.9 Å². The van der Waals surface area contributed by atoms with Gasteiger partial charge in [-0.2, -0.15) is 5.26 Å². The van der Waals surface area contributed by atoms with Crippen LogP contribution in [0.1, 0.15) is 5.56 Å². The lowest BCUT2D eigenvalue weighted by molar-refractivity contribution is 0.978. The van der Waals surface area contributed by atoms with Crippen LogP contribution in [-0.4, -0.2) is 0 Å². The molecule has 0 saturated carbocycles. The summed E-state index contributed by atoms with van der Waals surface area (Å²) in [5.41, 5.74) is 1.71. The summed E-state index contributed by atoms with van der Waals surface area (Å²) in [6.07, 6.45) is 2.15. The third kappa shape index (κ3) is 2.95. The lowest BCUT2D eigenvalue weighted by atomic mass is 10.2. The summed E-state index contributed by atoms with van der Waals surface area (Å²) in [6.45, 7) is 0.442. The molecule has 0 aliphatic heterocycles. The third-order valence-corrected chi connectivity index (χ3v) is 3.17. The zero-order valence-corrected chi connectivity index (χ0v) is 11.0. The van der Waals surface area contributed by atoms with E-state index in [1.54, 1.807) is 17.0 Å². The monoisotopic (exact) mass is 276 g/mol. The molecule has 0 radical (unpaired) electrons. The van der Waals surface area contributed by atoms with Crippen LogP contribution < -0.4 is 4.90 Å². The Bertz CT molecular complexity index is 573. The summed E-state index contributed by atoms with van der Waals surface area (Å²) in [6, 6.07) is 14.6. The van der Waals surface area contributed by atoms with Crippen molar-refractivity contribution in [2.75, 3.05) is 4.90 Å². The average Bonchev–Trinajstić information content (AvgIpc) is 2.39. The molecule has 0 aromatic heterocycles. The predicted molar refractivity (Wildman–Crippen MR) is 74.7 cm³/mol. The minimum atomic E-state index is 0.442. The van der Waals surface area contributed by atoms with Gasteiger partial charge in [-0.25, -0.2) is 0 Å². The molecule has 0 N–H and O–H groups in total. The molecule has 2 aromatic rings. The normalized spacial score (nSPS) is 9.83. The van der Waals surface area contributed by atoms with Gasteiger partial charge in [0.1, 0.15) is 0 Å². The quantitative estimate of drug-likeness (QED) is 0.611. The summed E-state index contributed by atoms with van der Waals surface area (Å²) in [4.78, 5) is 1.57. The van der Waals surface area contributed by atoms with Gasteiger partial charge in [-0.15, -0.1) is 0 Å². The van der Waals surface area contributed by atoms with Crippen molar-refractivity contribution in [2.24, 2.45) is 0 Å². The van der Waals surface area contributed by atoms with Crippen molar-refractivity contribution in [3.8, 4) is 6.19 Å². The summed E-state index contributed by atoms with van der Waals surface area (Å²) in [5, 5.41) is 10.5. The Hall–Kier alpha value is -1.69. The van der Waals surface area contributed by atoms with Crippen LogP contribution in [-0.2, 0) is 6.54 Å². The average molecular weight is 277 g/mol. The highest BCUT2D eigenvalue weighted by Gasteiger charge is 2.08. The van der Waals surface area contributed by atoms with E-state index in [4.69, 9.17) is 23.2 Å². The number of halogens is 2. The first-order chi connectivity index (χ1) is 8.70. The van der Waals surface area contributed by atoms with Crippen LogP contribution in [0.4, 0.5) is 5.69 Å². The Morgan fingerprint density at radius 2 is 1.67 bits per heavy atom. The number of nitriles is 1. The molecule has 0 fully saturated rings. The van der Waals surface area contributed by atoms with Crippen molar-refractivity contribution in [1.82, 2.24) is 0 Å². The van der Waals surface area contributed by atoms with Crippen LogP contribution in [0.2, 0.25) is 10.0 Å². The largest absolute Gasteiger partial charge is 0.275 e. The van der Waals surface area contributed by atoms with Crippen LogP contribution in [0.3, 0.4) is 0 Å². The fraction of sp³-hybridized carbons (Fsp3) is 0.0714. The summed E-state index contributed by atoms with van der Waals surface area (Å²) >= 11 is 11.9. The minimum Gasteiger partial charge on any atom is -0.275 e. The number of hydrogen-bond donors (Lipinski definition) is 0. The second kappa shape index (κ2) is 5.77. The maximum atomic E-state index is 9.20. The Balaban J connectivity index is 2.23. The number of anilines is 1. The summed E-state index contributed by atoms with van der Waals surface area (Å²) in [5.74, 6) is 0. The van der Waals surface area contributed by atoms with Gasteiger partial charge in [0.15, 0.2) is 6.19 Å². The highest BCUT2D eigenvalue weighted by atomic mass is 35.5. The van der Waals surface area contributed by atoms with Crippen molar-refractivity contribution >= 4 is 28.9 Å². The van der Waals surface area contributed by atoms with Gasteiger partial charge < -0.3 is 0 Å². The van der Waals surface area contributed by atoms with Gasteiger partial charge >= 0.3 is 0 Å². The molecule has 0 unspecified atom stereocenters. The molecule has 0 heterocycles. The van der Waals surface area contributed by atoms with E-state index >= 15 is 0 Å². The van der Waals surface area contributed by atoms with E-state index in [0.717, 1.165) is 11.3 Å². The number of benzene rings is 2. The van der Waals surface area contributed by atoms with Crippen LogP contribution in [0.25, 0.3) is 0 Å². The van der Waals surface area contributed by atoms with Crippen LogP contribution >= 0.6 is 23.2 Å². The van der Waals surface area contributed by atoms with Crippen molar-refractivity contribution in [2.45, 2.75) is 6.54 Å². The number of nitrogens with zero attached hydrogens (tertiary/aromatic N) is 2. The van der Waals surface area contributed by atoms with Crippen molar-refractivity contribution in [1.29, 1.82) is 5.26 Å². The molecular weight excluding hydrogens is 267 g/mol. The van der Waals surface area contributed by atoms with Gasteiger partial charge in [0.25, 0.3) is 0 Å². The van der Waals surface area contributed by atoms with E-state index < -0.39 is 0 Å². The number of rotatable bonds is 3. The first kappa shape index (κ1) is 12.8. The molecule has 0 amide bonds. The van der Waals surface area contributed by atoms with E-state index in [1.807, 2.05) is 36.4 Å². The fourth-order valence-corrected chi connectivity index (χ4v) is 1.92. The first-order valence-corrected chi connectivity index (χ1v) is 6.12. The Morgan fingerprint density at radius 1 is 1.00 bits per heavy atom. The summed E-state index contributed by atoms with van der Waals surface area (Å²) < 4.78 is 0. The molecule has 0 bridgehead atoms. The third-order valence-electron chi connectivity index (χ3n) is 2.55. The second-order valence-corrected chi connectivity index (χ2v) is 4.60. The second-order valence-electron chi connectivity index (χ2n) is 3.75. The van der Waals surface area contributed by atoms with Gasteiger partial charge in [0.05, 0.1) is 12.2 Å². The molecule has 2 rings (SSSR count). The Labute approximate surface area is 116 Å².